The standard InChI is InChI=1S/C17H13ClN2O2S/c18-17-20-10-15(23-17)9-19-14-6-4-11(5-7-14)12-2-1-3-13(8-12)16(21)22/h1-8,10,19H,9H2,(H,21,22). The maximum Gasteiger partial charge on any atom is 0.335 e. The molecule has 2 aromatic carbocycles. The minimum atomic E-state index is -0.923. The van der Waals surface area contributed by atoms with Gasteiger partial charge in [-0.05, 0) is 35.4 Å². The molecule has 0 saturated carbocycles. The van der Waals surface area contributed by atoms with Gasteiger partial charge in [0, 0.05) is 16.8 Å². The highest BCUT2D eigenvalue weighted by molar-refractivity contribution is 7.15. The van der Waals surface area contributed by atoms with E-state index in [0.29, 0.717) is 11.0 Å². The van der Waals surface area contributed by atoms with Gasteiger partial charge in [0.15, 0.2) is 4.47 Å². The van der Waals surface area contributed by atoms with E-state index < -0.39 is 5.97 Å². The van der Waals surface area contributed by atoms with Gasteiger partial charge in [-0.1, -0.05) is 35.9 Å². The van der Waals surface area contributed by atoms with E-state index in [1.807, 2.05) is 30.3 Å². The Morgan fingerprint density at radius 3 is 2.61 bits per heavy atom. The van der Waals surface area contributed by atoms with Crippen LogP contribution >= 0.6 is 22.9 Å². The van der Waals surface area contributed by atoms with E-state index in [2.05, 4.69) is 10.3 Å². The third kappa shape index (κ3) is 3.88. The molecule has 0 aliphatic rings. The molecule has 2 N–H and O–H groups in total. The van der Waals surface area contributed by atoms with Gasteiger partial charge < -0.3 is 10.4 Å². The van der Waals surface area contributed by atoms with Crippen molar-refractivity contribution >= 4 is 34.6 Å². The van der Waals surface area contributed by atoms with Crippen LogP contribution in [-0.4, -0.2) is 16.1 Å². The van der Waals surface area contributed by atoms with Crippen molar-refractivity contribution in [3.05, 3.63) is 69.6 Å². The molecule has 4 nitrogen and oxygen atoms in total. The van der Waals surface area contributed by atoms with Crippen molar-refractivity contribution in [2.24, 2.45) is 0 Å². The van der Waals surface area contributed by atoms with Crippen molar-refractivity contribution < 1.29 is 9.90 Å². The average molecular weight is 345 g/mol. The zero-order valence-corrected chi connectivity index (χ0v) is 13.6. The fraction of sp³-hybridized carbons (Fsp3) is 0.0588. The van der Waals surface area contributed by atoms with E-state index in [0.717, 1.165) is 21.7 Å². The zero-order valence-electron chi connectivity index (χ0n) is 12.0. The number of thiazole rings is 1. The molecule has 0 amide bonds. The smallest absolute Gasteiger partial charge is 0.335 e. The molecule has 3 rings (SSSR count). The van der Waals surface area contributed by atoms with Gasteiger partial charge >= 0.3 is 5.97 Å². The number of carboxylic acid groups (broad SMARTS) is 1. The SMILES string of the molecule is O=C(O)c1cccc(-c2ccc(NCc3cnc(Cl)s3)cc2)c1. The fourth-order valence-corrected chi connectivity index (χ4v) is 3.08. The van der Waals surface area contributed by atoms with Gasteiger partial charge in [0.1, 0.15) is 0 Å². The molecule has 0 atom stereocenters. The largest absolute Gasteiger partial charge is 0.478 e. The molecule has 0 saturated heterocycles. The summed E-state index contributed by atoms with van der Waals surface area (Å²) >= 11 is 7.25. The number of carboxylic acids is 1. The predicted octanol–water partition coefficient (Wildman–Crippen LogP) is 4.77. The van der Waals surface area contributed by atoms with Crippen LogP contribution in [0.25, 0.3) is 11.1 Å². The lowest BCUT2D eigenvalue weighted by molar-refractivity contribution is 0.0697. The molecule has 0 aliphatic carbocycles. The second kappa shape index (κ2) is 6.81. The van der Waals surface area contributed by atoms with Crippen molar-refractivity contribution in [2.75, 3.05) is 5.32 Å². The van der Waals surface area contributed by atoms with E-state index in [9.17, 15) is 4.79 Å². The predicted molar refractivity (Wildman–Crippen MR) is 93.3 cm³/mol. The molecule has 1 heterocycles. The van der Waals surface area contributed by atoms with Gasteiger partial charge in [0.25, 0.3) is 0 Å². The average Bonchev–Trinajstić information content (AvgIpc) is 2.99. The van der Waals surface area contributed by atoms with E-state index >= 15 is 0 Å². The number of carbonyl (C=O) groups is 1. The lowest BCUT2D eigenvalue weighted by atomic mass is 10.0. The second-order valence-corrected chi connectivity index (χ2v) is 6.59. The molecular weight excluding hydrogens is 332 g/mol. The molecule has 0 spiro atoms. The van der Waals surface area contributed by atoms with Gasteiger partial charge in [-0.2, -0.15) is 0 Å². The Balaban J connectivity index is 1.71. The monoisotopic (exact) mass is 344 g/mol. The Bertz CT molecular complexity index is 831. The first-order chi connectivity index (χ1) is 11.1. The number of hydrogen-bond donors (Lipinski definition) is 2. The van der Waals surface area contributed by atoms with E-state index in [1.165, 1.54) is 11.3 Å². The Morgan fingerprint density at radius 2 is 1.96 bits per heavy atom. The van der Waals surface area contributed by atoms with Gasteiger partial charge in [-0.15, -0.1) is 11.3 Å². The van der Waals surface area contributed by atoms with Gasteiger partial charge in [0.05, 0.1) is 12.1 Å². The topological polar surface area (TPSA) is 62.2 Å². The van der Waals surface area contributed by atoms with Crippen LogP contribution in [-0.2, 0) is 6.54 Å². The van der Waals surface area contributed by atoms with Crippen LogP contribution in [0.4, 0.5) is 5.69 Å². The lowest BCUT2D eigenvalue weighted by Crippen LogP contribution is -1.97. The molecule has 23 heavy (non-hydrogen) atoms. The highest BCUT2D eigenvalue weighted by Crippen LogP contribution is 2.23. The summed E-state index contributed by atoms with van der Waals surface area (Å²) in [5.74, 6) is -0.923. The van der Waals surface area contributed by atoms with Crippen molar-refractivity contribution in [1.82, 2.24) is 4.98 Å². The Hall–Kier alpha value is -2.37. The maximum absolute atomic E-state index is 11.0. The molecule has 0 unspecified atom stereocenters. The van der Waals surface area contributed by atoms with Gasteiger partial charge in [0.2, 0.25) is 0 Å². The maximum atomic E-state index is 11.0. The van der Waals surface area contributed by atoms with Crippen LogP contribution in [0.15, 0.2) is 54.7 Å². The lowest BCUT2D eigenvalue weighted by Gasteiger charge is -2.07. The summed E-state index contributed by atoms with van der Waals surface area (Å²) in [7, 11) is 0. The summed E-state index contributed by atoms with van der Waals surface area (Å²) in [6.45, 7) is 0.665. The number of nitrogens with zero attached hydrogens (tertiary/aromatic N) is 1. The summed E-state index contributed by atoms with van der Waals surface area (Å²) < 4.78 is 0.537. The normalized spacial score (nSPS) is 10.5. The van der Waals surface area contributed by atoms with E-state index in [-0.39, 0.29) is 5.56 Å². The number of hydrogen-bond acceptors (Lipinski definition) is 4. The molecular formula is C17H13ClN2O2S. The van der Waals surface area contributed by atoms with Crippen LogP contribution in [0.1, 0.15) is 15.2 Å². The van der Waals surface area contributed by atoms with Crippen LogP contribution < -0.4 is 5.32 Å². The first kappa shape index (κ1) is 15.5. The van der Waals surface area contributed by atoms with E-state index in [4.69, 9.17) is 16.7 Å². The Morgan fingerprint density at radius 1 is 1.17 bits per heavy atom. The minimum absolute atomic E-state index is 0.284. The first-order valence-corrected chi connectivity index (χ1v) is 8.09. The highest BCUT2D eigenvalue weighted by Gasteiger charge is 2.05. The highest BCUT2D eigenvalue weighted by atomic mass is 35.5. The number of nitrogens with one attached hydrogen (secondary N) is 1. The number of anilines is 1. The number of aromatic nitrogens is 1. The number of rotatable bonds is 5. The second-order valence-electron chi connectivity index (χ2n) is 4.90. The van der Waals surface area contributed by atoms with Crippen molar-refractivity contribution in [1.29, 1.82) is 0 Å². The number of halogens is 1. The van der Waals surface area contributed by atoms with Crippen LogP contribution in [0.3, 0.4) is 0 Å². The summed E-state index contributed by atoms with van der Waals surface area (Å²) in [6, 6.07) is 14.8. The quantitative estimate of drug-likeness (QED) is 0.699. The summed E-state index contributed by atoms with van der Waals surface area (Å²) in [5, 5.41) is 12.4. The Labute approximate surface area is 142 Å². The fourth-order valence-electron chi connectivity index (χ4n) is 2.17. The number of aromatic carboxylic acids is 1. The number of benzene rings is 2. The molecule has 6 heteroatoms. The third-order valence-corrected chi connectivity index (χ3v) is 4.43. The molecule has 0 radical (unpaired) electrons. The first-order valence-electron chi connectivity index (χ1n) is 6.90. The summed E-state index contributed by atoms with van der Waals surface area (Å²) in [5.41, 5.74) is 3.12. The van der Waals surface area contributed by atoms with Crippen molar-refractivity contribution in [3.8, 4) is 11.1 Å². The van der Waals surface area contributed by atoms with Crippen LogP contribution in [0.2, 0.25) is 4.47 Å². The van der Waals surface area contributed by atoms with Crippen molar-refractivity contribution in [2.45, 2.75) is 6.54 Å². The van der Waals surface area contributed by atoms with Gasteiger partial charge in [-0.3, -0.25) is 0 Å². The zero-order chi connectivity index (χ0) is 16.2. The Kier molecular flexibility index (Phi) is 4.60. The summed E-state index contributed by atoms with van der Waals surface area (Å²) in [4.78, 5) is 16.1. The minimum Gasteiger partial charge on any atom is -0.478 e. The van der Waals surface area contributed by atoms with Crippen molar-refractivity contribution in [3.63, 3.8) is 0 Å². The molecule has 116 valence electrons. The van der Waals surface area contributed by atoms with E-state index in [1.54, 1.807) is 24.4 Å². The molecule has 1 aromatic heterocycles. The molecule has 0 aliphatic heterocycles. The summed E-state index contributed by atoms with van der Waals surface area (Å²) in [6.07, 6.45) is 1.76. The third-order valence-electron chi connectivity index (χ3n) is 3.32. The molecule has 0 fully saturated rings. The van der Waals surface area contributed by atoms with Crippen LogP contribution in [0, 0.1) is 0 Å². The van der Waals surface area contributed by atoms with Crippen LogP contribution in [0.5, 0.6) is 0 Å². The molecule has 3 aromatic rings. The van der Waals surface area contributed by atoms with Gasteiger partial charge in [-0.25, -0.2) is 9.78 Å². The molecule has 0 bridgehead atoms.